The molecular formula is C30H29N5O7. The number of imide groups is 1. The van der Waals surface area contributed by atoms with Crippen LogP contribution in [0.15, 0.2) is 54.7 Å². The molecular weight excluding hydrogens is 542 g/mol. The number of ether oxygens (including phenoxy) is 3. The monoisotopic (exact) mass is 571 g/mol. The van der Waals surface area contributed by atoms with Gasteiger partial charge in [0.25, 0.3) is 5.91 Å². The molecule has 0 radical (unpaired) electrons. The Kier molecular flexibility index (Phi) is 8.05. The second-order valence-corrected chi connectivity index (χ2v) is 9.57. The number of methoxy groups -OCH3 is 3. The first-order chi connectivity index (χ1) is 20.3. The van der Waals surface area contributed by atoms with Gasteiger partial charge >= 0.3 is 0 Å². The third-order valence-electron chi connectivity index (χ3n) is 6.97. The Balaban J connectivity index is 1.27. The number of hydrogen-bond donors (Lipinski definition) is 3. The molecule has 5 rings (SSSR count). The normalized spacial score (nSPS) is 16.2. The molecule has 1 unspecified atom stereocenters. The van der Waals surface area contributed by atoms with Crippen LogP contribution in [-0.2, 0) is 20.9 Å². The summed E-state index contributed by atoms with van der Waals surface area (Å²) in [5.41, 5.74) is 2.95. The van der Waals surface area contributed by atoms with Gasteiger partial charge in [0.05, 0.1) is 21.3 Å². The van der Waals surface area contributed by atoms with Gasteiger partial charge in [-0.05, 0) is 48.4 Å². The third kappa shape index (κ3) is 5.73. The van der Waals surface area contributed by atoms with Gasteiger partial charge in [-0.15, -0.1) is 0 Å². The molecule has 3 aromatic rings. The fourth-order valence-electron chi connectivity index (χ4n) is 4.95. The number of rotatable bonds is 9. The summed E-state index contributed by atoms with van der Waals surface area (Å²) < 4.78 is 16.2. The van der Waals surface area contributed by atoms with Crippen molar-refractivity contribution in [2.45, 2.75) is 25.4 Å². The highest BCUT2D eigenvalue weighted by atomic mass is 16.5. The Morgan fingerprint density at radius 2 is 1.79 bits per heavy atom. The van der Waals surface area contributed by atoms with Gasteiger partial charge in [-0.3, -0.25) is 24.5 Å². The summed E-state index contributed by atoms with van der Waals surface area (Å²) in [7, 11) is 4.59. The van der Waals surface area contributed by atoms with E-state index in [9.17, 15) is 19.2 Å². The summed E-state index contributed by atoms with van der Waals surface area (Å²) >= 11 is 0. The van der Waals surface area contributed by atoms with Crippen molar-refractivity contribution in [1.82, 2.24) is 15.2 Å². The number of aromatic nitrogens is 1. The van der Waals surface area contributed by atoms with Crippen LogP contribution in [0.4, 0.5) is 17.2 Å². The molecule has 2 aromatic carbocycles. The van der Waals surface area contributed by atoms with E-state index in [2.05, 4.69) is 20.9 Å². The second-order valence-electron chi connectivity index (χ2n) is 9.57. The quantitative estimate of drug-likeness (QED) is 0.260. The molecule has 3 N–H and O–H groups in total. The van der Waals surface area contributed by atoms with Gasteiger partial charge in [-0.1, -0.05) is 0 Å². The minimum absolute atomic E-state index is 0.181. The first-order valence-electron chi connectivity index (χ1n) is 13.1. The molecule has 2 aliphatic heterocycles. The molecule has 216 valence electrons. The molecule has 4 amide bonds. The van der Waals surface area contributed by atoms with E-state index in [1.165, 1.54) is 32.3 Å². The summed E-state index contributed by atoms with van der Waals surface area (Å²) in [5.74, 6) is 0.439. The van der Waals surface area contributed by atoms with Crippen molar-refractivity contribution in [3.63, 3.8) is 0 Å². The zero-order chi connectivity index (χ0) is 29.8. The molecule has 3 heterocycles. The Labute approximate surface area is 241 Å². The van der Waals surface area contributed by atoms with Crippen molar-refractivity contribution < 1.29 is 33.4 Å². The van der Waals surface area contributed by atoms with Crippen molar-refractivity contribution in [1.29, 1.82) is 0 Å². The van der Waals surface area contributed by atoms with Gasteiger partial charge < -0.3 is 29.7 Å². The van der Waals surface area contributed by atoms with Gasteiger partial charge in [0.2, 0.25) is 23.5 Å². The first-order valence-corrected chi connectivity index (χ1v) is 13.1. The number of anilines is 3. The van der Waals surface area contributed by atoms with Crippen LogP contribution in [0.3, 0.4) is 0 Å². The fourth-order valence-corrected chi connectivity index (χ4v) is 4.95. The predicted molar refractivity (Wildman–Crippen MR) is 154 cm³/mol. The number of piperidine rings is 1. The number of pyridine rings is 1. The highest BCUT2D eigenvalue weighted by molar-refractivity contribution is 6.06. The largest absolute Gasteiger partial charge is 0.493 e. The number of carbonyl (C=O) groups is 4. The molecule has 12 nitrogen and oxygen atoms in total. The van der Waals surface area contributed by atoms with E-state index in [1.54, 1.807) is 48.7 Å². The molecule has 0 bridgehead atoms. The number of nitrogens with one attached hydrogen (secondary N) is 3. The standard InChI is InChI=1S/C30H29N5O7/c1-40-23-14-20(15-24(41-2)27(23)42-3)33-28-17(5-4-12-31-28)6-10-25(36)32-19-7-8-21-18(13-19)16-35(30(21)39)22-9-11-26(37)34-29(22)38/h4-8,10,12-15,22H,9,11,16H2,1-3H3,(H,31,33)(H,32,36)(H,34,37,38)/b10-6+. The van der Waals surface area contributed by atoms with E-state index >= 15 is 0 Å². The van der Waals surface area contributed by atoms with Crippen LogP contribution in [0.5, 0.6) is 17.2 Å². The Morgan fingerprint density at radius 1 is 1.02 bits per heavy atom. The van der Waals surface area contributed by atoms with Crippen LogP contribution in [0.25, 0.3) is 6.08 Å². The SMILES string of the molecule is COc1cc(Nc2ncccc2/C=C/C(=O)Nc2ccc3c(c2)CN(C2CCC(=O)NC2=O)C3=O)cc(OC)c1OC. The smallest absolute Gasteiger partial charge is 0.255 e. The molecule has 1 saturated heterocycles. The molecule has 0 spiro atoms. The Bertz CT molecular complexity index is 1580. The molecule has 1 aromatic heterocycles. The fraction of sp³-hybridized carbons (Fsp3) is 0.233. The highest BCUT2D eigenvalue weighted by Crippen LogP contribution is 2.40. The average Bonchev–Trinajstić information content (AvgIpc) is 3.31. The molecule has 42 heavy (non-hydrogen) atoms. The third-order valence-corrected chi connectivity index (χ3v) is 6.97. The zero-order valence-electron chi connectivity index (χ0n) is 23.2. The van der Waals surface area contributed by atoms with Gasteiger partial charge in [0, 0.05) is 59.9 Å². The predicted octanol–water partition coefficient (Wildman–Crippen LogP) is 3.26. The summed E-state index contributed by atoms with van der Waals surface area (Å²) in [6, 6.07) is 11.3. The van der Waals surface area contributed by atoms with Crippen molar-refractivity contribution in [2.24, 2.45) is 0 Å². The van der Waals surface area contributed by atoms with Crippen molar-refractivity contribution >= 4 is 46.9 Å². The van der Waals surface area contributed by atoms with Gasteiger partial charge in [0.15, 0.2) is 11.5 Å². The lowest BCUT2D eigenvalue weighted by Gasteiger charge is -2.29. The van der Waals surface area contributed by atoms with Crippen molar-refractivity contribution in [3.05, 3.63) is 71.4 Å². The lowest BCUT2D eigenvalue weighted by Crippen LogP contribution is -2.52. The summed E-state index contributed by atoms with van der Waals surface area (Å²) in [4.78, 5) is 55.3. The average molecular weight is 572 g/mol. The van der Waals surface area contributed by atoms with E-state index in [-0.39, 0.29) is 37.1 Å². The number of nitrogens with zero attached hydrogens (tertiary/aromatic N) is 2. The zero-order valence-corrected chi connectivity index (χ0v) is 23.2. The maximum absolute atomic E-state index is 12.9. The number of hydrogen-bond acceptors (Lipinski definition) is 9. The number of amides is 4. The maximum atomic E-state index is 12.9. The van der Waals surface area contributed by atoms with Gasteiger partial charge in [-0.2, -0.15) is 0 Å². The number of benzene rings is 2. The summed E-state index contributed by atoms with van der Waals surface area (Å²) in [6.45, 7) is 0.214. The number of carbonyl (C=O) groups excluding carboxylic acids is 4. The van der Waals surface area contributed by atoms with Crippen LogP contribution < -0.4 is 30.2 Å². The second kappa shape index (κ2) is 12.0. The summed E-state index contributed by atoms with van der Waals surface area (Å²) in [5, 5.41) is 8.32. The molecule has 1 atom stereocenters. The lowest BCUT2D eigenvalue weighted by atomic mass is 10.0. The summed E-state index contributed by atoms with van der Waals surface area (Å²) in [6.07, 6.45) is 5.10. The van der Waals surface area contributed by atoms with Crippen LogP contribution in [0.1, 0.15) is 34.3 Å². The van der Waals surface area contributed by atoms with Gasteiger partial charge in [0.1, 0.15) is 11.9 Å². The minimum atomic E-state index is -0.703. The lowest BCUT2D eigenvalue weighted by molar-refractivity contribution is -0.136. The van der Waals surface area contributed by atoms with Crippen molar-refractivity contribution in [2.75, 3.05) is 32.0 Å². The molecule has 12 heteroatoms. The Morgan fingerprint density at radius 3 is 2.48 bits per heavy atom. The molecule has 1 fully saturated rings. The van der Waals surface area contributed by atoms with Crippen LogP contribution in [0, 0.1) is 0 Å². The van der Waals surface area contributed by atoms with Crippen LogP contribution in [-0.4, -0.2) is 60.9 Å². The maximum Gasteiger partial charge on any atom is 0.255 e. The van der Waals surface area contributed by atoms with Gasteiger partial charge in [-0.25, -0.2) is 4.98 Å². The first kappa shape index (κ1) is 28.1. The highest BCUT2D eigenvalue weighted by Gasteiger charge is 2.39. The molecule has 2 aliphatic rings. The van der Waals surface area contributed by atoms with Crippen LogP contribution >= 0.6 is 0 Å². The minimum Gasteiger partial charge on any atom is -0.493 e. The molecule has 0 saturated carbocycles. The Hall–Kier alpha value is -5.39. The number of fused-ring (bicyclic) bond motifs is 1. The van der Waals surface area contributed by atoms with Crippen LogP contribution in [0.2, 0.25) is 0 Å². The van der Waals surface area contributed by atoms with E-state index in [0.29, 0.717) is 51.1 Å². The topological polar surface area (TPSA) is 148 Å². The van der Waals surface area contributed by atoms with Crippen molar-refractivity contribution in [3.8, 4) is 17.2 Å². The van der Waals surface area contributed by atoms with E-state index < -0.39 is 11.9 Å². The van der Waals surface area contributed by atoms with E-state index in [0.717, 1.165) is 0 Å². The molecule has 0 aliphatic carbocycles. The van der Waals surface area contributed by atoms with E-state index in [4.69, 9.17) is 14.2 Å². The van der Waals surface area contributed by atoms with E-state index in [1.807, 2.05) is 6.07 Å².